The van der Waals surface area contributed by atoms with Crippen molar-refractivity contribution in [3.63, 3.8) is 0 Å². The van der Waals surface area contributed by atoms with Gasteiger partial charge in [0.05, 0.1) is 4.90 Å². The van der Waals surface area contributed by atoms with Crippen LogP contribution in [0.3, 0.4) is 0 Å². The van der Waals surface area contributed by atoms with Crippen molar-refractivity contribution in [3.8, 4) is 0 Å². The van der Waals surface area contributed by atoms with Gasteiger partial charge < -0.3 is 5.32 Å². The molecule has 0 bridgehead atoms. The molecule has 0 aromatic heterocycles. The van der Waals surface area contributed by atoms with Crippen LogP contribution in [-0.4, -0.2) is 21.7 Å². The molecule has 1 fully saturated rings. The fraction of sp³-hybridized carbons (Fsp3) is 0.647. The average molecular weight is 309 g/mol. The molecule has 0 radical (unpaired) electrons. The minimum Gasteiger partial charge on any atom is -0.313 e. The summed E-state index contributed by atoms with van der Waals surface area (Å²) in [5.74, 6) is 1.42. The van der Waals surface area contributed by atoms with Crippen molar-refractivity contribution >= 4 is 9.84 Å². The Balaban J connectivity index is 2.25. The van der Waals surface area contributed by atoms with Crippen LogP contribution in [0.25, 0.3) is 0 Å². The third kappa shape index (κ3) is 4.07. The lowest BCUT2D eigenvalue weighted by Crippen LogP contribution is -2.29. The van der Waals surface area contributed by atoms with Crippen LogP contribution in [0, 0.1) is 11.8 Å². The highest BCUT2D eigenvalue weighted by Crippen LogP contribution is 2.38. The highest BCUT2D eigenvalue weighted by atomic mass is 32.2. The molecule has 0 heterocycles. The lowest BCUT2D eigenvalue weighted by atomic mass is 9.75. The Morgan fingerprint density at radius 2 is 2.10 bits per heavy atom. The summed E-state index contributed by atoms with van der Waals surface area (Å²) in [6.07, 6.45) is 7.61. The van der Waals surface area contributed by atoms with Gasteiger partial charge in [-0.15, -0.1) is 0 Å². The predicted octanol–water partition coefficient (Wildman–Crippen LogP) is 3.57. The minimum absolute atomic E-state index is 0.251. The van der Waals surface area contributed by atoms with E-state index in [0.717, 1.165) is 11.5 Å². The highest BCUT2D eigenvalue weighted by molar-refractivity contribution is 7.90. The van der Waals surface area contributed by atoms with Crippen molar-refractivity contribution in [1.29, 1.82) is 0 Å². The third-order valence-corrected chi connectivity index (χ3v) is 5.94. The molecular weight excluding hydrogens is 282 g/mol. The molecule has 4 heteroatoms. The maximum absolute atomic E-state index is 11.8. The second-order valence-corrected chi connectivity index (χ2v) is 8.33. The fourth-order valence-corrected chi connectivity index (χ4v) is 4.30. The van der Waals surface area contributed by atoms with Crippen molar-refractivity contribution in [2.24, 2.45) is 11.8 Å². The van der Waals surface area contributed by atoms with E-state index in [0.29, 0.717) is 10.8 Å². The molecule has 0 spiro atoms. The Morgan fingerprint density at radius 3 is 2.71 bits per heavy atom. The molecule has 0 saturated heterocycles. The lowest BCUT2D eigenvalue weighted by Gasteiger charge is -2.34. The van der Waals surface area contributed by atoms with Crippen LogP contribution in [0.5, 0.6) is 0 Å². The van der Waals surface area contributed by atoms with Crippen LogP contribution in [0.1, 0.15) is 50.6 Å². The molecule has 1 N–H and O–H groups in total. The zero-order valence-electron chi connectivity index (χ0n) is 13.3. The van der Waals surface area contributed by atoms with Gasteiger partial charge >= 0.3 is 0 Å². The molecule has 2 rings (SSSR count). The average Bonchev–Trinajstić information content (AvgIpc) is 2.48. The summed E-state index contributed by atoms with van der Waals surface area (Å²) in [6, 6.07) is 7.68. The van der Waals surface area contributed by atoms with Gasteiger partial charge in [0.25, 0.3) is 0 Å². The highest BCUT2D eigenvalue weighted by Gasteiger charge is 2.28. The molecule has 1 aromatic carbocycles. The van der Waals surface area contributed by atoms with E-state index in [1.54, 1.807) is 6.07 Å². The zero-order valence-corrected chi connectivity index (χ0v) is 14.1. The normalized spacial score (nSPS) is 24.7. The number of nitrogens with one attached hydrogen (secondary N) is 1. The van der Waals surface area contributed by atoms with Crippen LogP contribution >= 0.6 is 0 Å². The van der Waals surface area contributed by atoms with E-state index in [1.807, 2.05) is 25.2 Å². The van der Waals surface area contributed by atoms with Crippen molar-refractivity contribution in [1.82, 2.24) is 5.32 Å². The van der Waals surface area contributed by atoms with Gasteiger partial charge in [-0.3, -0.25) is 0 Å². The molecular formula is C17H27NO2S. The zero-order chi connectivity index (χ0) is 15.5. The number of rotatable bonds is 5. The number of benzene rings is 1. The molecule has 3 unspecified atom stereocenters. The van der Waals surface area contributed by atoms with Gasteiger partial charge in [-0.2, -0.15) is 0 Å². The molecule has 0 amide bonds. The largest absolute Gasteiger partial charge is 0.313 e. The predicted molar refractivity (Wildman–Crippen MR) is 87.1 cm³/mol. The SMILES string of the molecule is CCC1CCCC(C(NC)c2cccc(S(C)(=O)=O)c2)C1. The number of sulfone groups is 1. The second kappa shape index (κ2) is 6.93. The van der Waals surface area contributed by atoms with Gasteiger partial charge in [-0.05, 0) is 49.4 Å². The Labute approximate surface area is 129 Å². The summed E-state index contributed by atoms with van der Waals surface area (Å²) in [5.41, 5.74) is 1.10. The topological polar surface area (TPSA) is 46.2 Å². The first kappa shape index (κ1) is 16.5. The maximum Gasteiger partial charge on any atom is 0.175 e. The molecule has 118 valence electrons. The minimum atomic E-state index is -3.14. The van der Waals surface area contributed by atoms with E-state index in [4.69, 9.17) is 0 Å². The van der Waals surface area contributed by atoms with E-state index < -0.39 is 9.84 Å². The van der Waals surface area contributed by atoms with E-state index >= 15 is 0 Å². The smallest absolute Gasteiger partial charge is 0.175 e. The molecule has 1 aromatic rings. The van der Waals surface area contributed by atoms with Gasteiger partial charge in [0.1, 0.15) is 0 Å². The summed E-state index contributed by atoms with van der Waals surface area (Å²) < 4.78 is 23.5. The van der Waals surface area contributed by atoms with Crippen LogP contribution in [0.2, 0.25) is 0 Å². The van der Waals surface area contributed by atoms with E-state index in [2.05, 4.69) is 12.2 Å². The van der Waals surface area contributed by atoms with Crippen LogP contribution < -0.4 is 5.32 Å². The van der Waals surface area contributed by atoms with Crippen molar-refractivity contribution in [2.75, 3.05) is 13.3 Å². The monoisotopic (exact) mass is 309 g/mol. The molecule has 1 aliphatic carbocycles. The summed E-state index contributed by atoms with van der Waals surface area (Å²) in [5, 5.41) is 3.42. The standard InChI is InChI=1S/C17H27NO2S/c1-4-13-7-5-8-14(11-13)17(18-2)15-9-6-10-16(12-15)21(3,19)20/h6,9-10,12-14,17-18H,4-5,7-8,11H2,1-3H3. The van der Waals surface area contributed by atoms with E-state index in [1.165, 1.54) is 38.4 Å². The third-order valence-electron chi connectivity index (χ3n) is 4.83. The molecule has 21 heavy (non-hydrogen) atoms. The first-order chi connectivity index (χ1) is 9.95. The van der Waals surface area contributed by atoms with Crippen LogP contribution in [0.4, 0.5) is 0 Å². The number of hydrogen-bond acceptors (Lipinski definition) is 3. The lowest BCUT2D eigenvalue weighted by molar-refractivity contribution is 0.214. The van der Waals surface area contributed by atoms with Crippen LogP contribution in [0.15, 0.2) is 29.2 Å². The summed E-state index contributed by atoms with van der Waals surface area (Å²) >= 11 is 0. The Bertz CT molecular complexity index is 568. The molecule has 3 atom stereocenters. The van der Waals surface area contributed by atoms with Gasteiger partial charge in [0, 0.05) is 12.3 Å². The molecule has 1 saturated carbocycles. The Kier molecular flexibility index (Phi) is 5.44. The van der Waals surface area contributed by atoms with E-state index in [9.17, 15) is 8.42 Å². The molecule has 1 aliphatic rings. The number of hydrogen-bond donors (Lipinski definition) is 1. The molecule has 3 nitrogen and oxygen atoms in total. The first-order valence-corrected chi connectivity index (χ1v) is 9.82. The summed E-state index contributed by atoms with van der Waals surface area (Å²) in [7, 11) is -1.16. The first-order valence-electron chi connectivity index (χ1n) is 7.93. The van der Waals surface area contributed by atoms with E-state index in [-0.39, 0.29) is 6.04 Å². The van der Waals surface area contributed by atoms with Crippen molar-refractivity contribution in [2.45, 2.75) is 50.0 Å². The Hall–Kier alpha value is -0.870. The fourth-order valence-electron chi connectivity index (χ4n) is 3.62. The van der Waals surface area contributed by atoms with Crippen molar-refractivity contribution in [3.05, 3.63) is 29.8 Å². The molecule has 0 aliphatic heterocycles. The summed E-state index contributed by atoms with van der Waals surface area (Å²) in [6.45, 7) is 2.27. The van der Waals surface area contributed by atoms with Gasteiger partial charge in [0.15, 0.2) is 9.84 Å². The van der Waals surface area contributed by atoms with Crippen molar-refractivity contribution < 1.29 is 8.42 Å². The van der Waals surface area contributed by atoms with Crippen LogP contribution in [-0.2, 0) is 9.84 Å². The quantitative estimate of drug-likeness (QED) is 0.904. The Morgan fingerprint density at radius 1 is 1.33 bits per heavy atom. The van der Waals surface area contributed by atoms with Gasteiger partial charge in [-0.1, -0.05) is 38.3 Å². The maximum atomic E-state index is 11.8. The van der Waals surface area contributed by atoms with Gasteiger partial charge in [0.2, 0.25) is 0 Å². The summed E-state index contributed by atoms with van der Waals surface area (Å²) in [4.78, 5) is 0.420. The van der Waals surface area contributed by atoms with Gasteiger partial charge in [-0.25, -0.2) is 8.42 Å². The second-order valence-electron chi connectivity index (χ2n) is 6.31.